The fraction of sp³-hybridized carbons (Fsp3) is 0.500. The van der Waals surface area contributed by atoms with Gasteiger partial charge in [0, 0.05) is 6.54 Å². The minimum absolute atomic E-state index is 0.0405. The standard InChI is InChI=1S/C18H24FNO5S/c1-13-7-9-14(10-8-13)26(22,23)24-12-15(19)16-6-5-11-20(16)17(21)25-18(2,3)4/h5-10,15-16H,11-12H2,1-4H3/t15-,16-/m0/s1. The fourth-order valence-electron chi connectivity index (χ4n) is 2.40. The molecule has 0 saturated heterocycles. The first-order valence-corrected chi connectivity index (χ1v) is 9.67. The molecule has 2 rings (SSSR count). The number of hydrogen-bond acceptors (Lipinski definition) is 5. The lowest BCUT2D eigenvalue weighted by atomic mass is 10.2. The third-order valence-corrected chi connectivity index (χ3v) is 4.98. The third-order valence-electron chi connectivity index (χ3n) is 3.69. The molecule has 2 atom stereocenters. The molecule has 8 heteroatoms. The van der Waals surface area contributed by atoms with Gasteiger partial charge in [0.1, 0.15) is 18.4 Å². The molecule has 6 nitrogen and oxygen atoms in total. The van der Waals surface area contributed by atoms with Crippen molar-refractivity contribution in [3.05, 3.63) is 42.0 Å². The Morgan fingerprint density at radius 2 is 1.92 bits per heavy atom. The lowest BCUT2D eigenvalue weighted by Crippen LogP contribution is -2.45. The van der Waals surface area contributed by atoms with E-state index in [1.165, 1.54) is 23.1 Å². The molecule has 0 unspecified atom stereocenters. The van der Waals surface area contributed by atoms with Gasteiger partial charge in [0.2, 0.25) is 0 Å². The van der Waals surface area contributed by atoms with Gasteiger partial charge in [-0.2, -0.15) is 8.42 Å². The van der Waals surface area contributed by atoms with Crippen LogP contribution in [0.2, 0.25) is 0 Å². The average Bonchev–Trinajstić information content (AvgIpc) is 3.01. The SMILES string of the molecule is Cc1ccc(S(=O)(=O)OC[C@H](F)[C@@H]2C=CCN2C(=O)OC(C)(C)C)cc1. The molecular weight excluding hydrogens is 361 g/mol. The van der Waals surface area contributed by atoms with Gasteiger partial charge in [0.15, 0.2) is 0 Å². The van der Waals surface area contributed by atoms with Crippen LogP contribution in [0.5, 0.6) is 0 Å². The second kappa shape index (κ2) is 7.75. The monoisotopic (exact) mass is 385 g/mol. The number of alkyl halides is 1. The highest BCUT2D eigenvalue weighted by atomic mass is 32.2. The molecule has 26 heavy (non-hydrogen) atoms. The Labute approximate surface area is 153 Å². The Hall–Kier alpha value is -1.93. The van der Waals surface area contributed by atoms with Crippen molar-refractivity contribution in [3.63, 3.8) is 0 Å². The average molecular weight is 385 g/mol. The van der Waals surface area contributed by atoms with Crippen molar-refractivity contribution in [1.82, 2.24) is 4.90 Å². The molecule has 1 aliphatic heterocycles. The van der Waals surface area contributed by atoms with Gasteiger partial charge in [-0.15, -0.1) is 0 Å². The number of hydrogen-bond donors (Lipinski definition) is 0. The first kappa shape index (κ1) is 20.4. The zero-order valence-corrected chi connectivity index (χ0v) is 16.1. The Bertz CT molecular complexity index is 768. The van der Waals surface area contributed by atoms with Crippen LogP contribution in [0.15, 0.2) is 41.3 Å². The molecule has 0 N–H and O–H groups in total. The molecule has 1 amide bonds. The van der Waals surface area contributed by atoms with Crippen molar-refractivity contribution >= 4 is 16.2 Å². The Morgan fingerprint density at radius 3 is 2.50 bits per heavy atom. The zero-order valence-electron chi connectivity index (χ0n) is 15.3. The van der Waals surface area contributed by atoms with Gasteiger partial charge in [-0.1, -0.05) is 29.8 Å². The largest absolute Gasteiger partial charge is 0.444 e. The van der Waals surface area contributed by atoms with Crippen molar-refractivity contribution in [2.24, 2.45) is 0 Å². The van der Waals surface area contributed by atoms with E-state index in [4.69, 9.17) is 8.92 Å². The van der Waals surface area contributed by atoms with Crippen LogP contribution >= 0.6 is 0 Å². The van der Waals surface area contributed by atoms with Crippen LogP contribution in [0.25, 0.3) is 0 Å². The number of ether oxygens (including phenoxy) is 1. The summed E-state index contributed by atoms with van der Waals surface area (Å²) in [6.07, 6.45) is 0.782. The van der Waals surface area contributed by atoms with Crippen LogP contribution in [-0.4, -0.2) is 50.4 Å². The molecular formula is C18H24FNO5S. The topological polar surface area (TPSA) is 72.9 Å². The summed E-state index contributed by atoms with van der Waals surface area (Å²) in [5.41, 5.74) is 0.192. The van der Waals surface area contributed by atoms with Gasteiger partial charge in [-0.25, -0.2) is 9.18 Å². The summed E-state index contributed by atoms with van der Waals surface area (Å²) in [4.78, 5) is 13.3. The number of halogens is 1. The number of benzene rings is 1. The number of carbonyl (C=O) groups excluding carboxylic acids is 1. The van der Waals surface area contributed by atoms with Gasteiger partial charge >= 0.3 is 6.09 Å². The second-order valence-corrected chi connectivity index (χ2v) is 8.73. The maximum absolute atomic E-state index is 14.6. The van der Waals surface area contributed by atoms with Gasteiger partial charge in [-0.05, 0) is 39.8 Å². The summed E-state index contributed by atoms with van der Waals surface area (Å²) in [6.45, 7) is 6.48. The van der Waals surface area contributed by atoms with Crippen LogP contribution in [0, 0.1) is 6.92 Å². The molecule has 0 fully saturated rings. The van der Waals surface area contributed by atoms with Crippen molar-refractivity contribution in [1.29, 1.82) is 0 Å². The molecule has 0 spiro atoms. The molecule has 0 aromatic heterocycles. The van der Waals surface area contributed by atoms with E-state index in [-0.39, 0.29) is 11.4 Å². The molecule has 1 aromatic carbocycles. The summed E-state index contributed by atoms with van der Waals surface area (Å²) in [6, 6.07) is 5.14. The van der Waals surface area contributed by atoms with E-state index >= 15 is 0 Å². The second-order valence-electron chi connectivity index (χ2n) is 7.12. The summed E-state index contributed by atoms with van der Waals surface area (Å²) in [5.74, 6) is 0. The minimum Gasteiger partial charge on any atom is -0.444 e. The lowest BCUT2D eigenvalue weighted by molar-refractivity contribution is 0.0148. The number of carbonyl (C=O) groups is 1. The van der Waals surface area contributed by atoms with Crippen molar-refractivity contribution in [2.75, 3.05) is 13.2 Å². The highest BCUT2D eigenvalue weighted by Crippen LogP contribution is 2.21. The zero-order chi connectivity index (χ0) is 19.5. The lowest BCUT2D eigenvalue weighted by Gasteiger charge is -2.29. The number of rotatable bonds is 5. The first-order valence-electron chi connectivity index (χ1n) is 8.26. The summed E-state index contributed by atoms with van der Waals surface area (Å²) in [7, 11) is -4.07. The van der Waals surface area contributed by atoms with Gasteiger partial charge < -0.3 is 4.74 Å². The van der Waals surface area contributed by atoms with Crippen LogP contribution in [0.4, 0.5) is 9.18 Å². The molecule has 0 radical (unpaired) electrons. The van der Waals surface area contributed by atoms with E-state index in [2.05, 4.69) is 0 Å². The molecule has 144 valence electrons. The quantitative estimate of drug-likeness (QED) is 0.575. The number of amides is 1. The van der Waals surface area contributed by atoms with E-state index in [0.29, 0.717) is 0 Å². The predicted octanol–water partition coefficient (Wildman–Crippen LogP) is 3.21. The Kier molecular flexibility index (Phi) is 6.08. The normalized spacial score (nSPS) is 18.8. The first-order chi connectivity index (χ1) is 12.0. The van der Waals surface area contributed by atoms with Crippen molar-refractivity contribution in [2.45, 2.75) is 50.4 Å². The van der Waals surface area contributed by atoms with E-state index in [1.807, 2.05) is 6.92 Å². The van der Waals surface area contributed by atoms with Crippen LogP contribution in [-0.2, 0) is 19.0 Å². The molecule has 0 saturated carbocycles. The van der Waals surface area contributed by atoms with Crippen LogP contribution in [0.1, 0.15) is 26.3 Å². The van der Waals surface area contributed by atoms with Crippen molar-refractivity contribution in [3.8, 4) is 0 Å². The van der Waals surface area contributed by atoms with E-state index in [1.54, 1.807) is 39.0 Å². The maximum Gasteiger partial charge on any atom is 0.411 e. The van der Waals surface area contributed by atoms with E-state index in [9.17, 15) is 17.6 Å². The van der Waals surface area contributed by atoms with Crippen LogP contribution < -0.4 is 0 Å². The van der Waals surface area contributed by atoms with Crippen molar-refractivity contribution < 1.29 is 26.5 Å². The fourth-order valence-corrected chi connectivity index (χ4v) is 3.31. The maximum atomic E-state index is 14.6. The minimum atomic E-state index is -4.07. The molecule has 0 aliphatic carbocycles. The molecule has 0 bridgehead atoms. The molecule has 1 heterocycles. The Balaban J connectivity index is 2.00. The Morgan fingerprint density at radius 1 is 1.31 bits per heavy atom. The van der Waals surface area contributed by atoms with E-state index < -0.39 is 40.6 Å². The number of aryl methyl sites for hydroxylation is 1. The van der Waals surface area contributed by atoms with Gasteiger partial charge in [0.05, 0.1) is 10.9 Å². The highest BCUT2D eigenvalue weighted by molar-refractivity contribution is 7.86. The van der Waals surface area contributed by atoms with Crippen LogP contribution in [0.3, 0.4) is 0 Å². The summed E-state index contributed by atoms with van der Waals surface area (Å²) < 4.78 is 49.0. The summed E-state index contributed by atoms with van der Waals surface area (Å²) in [5, 5.41) is 0. The predicted molar refractivity (Wildman–Crippen MR) is 95.1 cm³/mol. The third kappa shape index (κ3) is 5.28. The highest BCUT2D eigenvalue weighted by Gasteiger charge is 2.35. The summed E-state index contributed by atoms with van der Waals surface area (Å²) >= 11 is 0. The van der Waals surface area contributed by atoms with Gasteiger partial charge in [0.25, 0.3) is 10.1 Å². The van der Waals surface area contributed by atoms with E-state index in [0.717, 1.165) is 5.56 Å². The van der Waals surface area contributed by atoms with Gasteiger partial charge in [-0.3, -0.25) is 9.08 Å². The molecule has 1 aromatic rings. The smallest absolute Gasteiger partial charge is 0.411 e. The number of nitrogens with zero attached hydrogens (tertiary/aromatic N) is 1. The molecule has 1 aliphatic rings.